The van der Waals surface area contributed by atoms with Gasteiger partial charge < -0.3 is 11.1 Å². The van der Waals surface area contributed by atoms with E-state index in [-0.39, 0.29) is 11.4 Å². The normalized spacial score (nSPS) is 16.3. The van der Waals surface area contributed by atoms with Crippen LogP contribution in [-0.2, 0) is 10.3 Å². The van der Waals surface area contributed by atoms with Crippen LogP contribution in [0, 0.1) is 0 Å². The molecule has 0 bridgehead atoms. The molecule has 3 nitrogen and oxygen atoms in total. The Morgan fingerprint density at radius 3 is 2.38 bits per heavy atom. The standard InChI is InChI=1S/C17H25BrN2O/c18-15-9-7-14(8-10-15)17(11-5-12-17)20-16(21)6-3-1-2-4-13-19/h7-10H,1-6,11-13,19H2,(H,20,21). The lowest BCUT2D eigenvalue weighted by molar-refractivity contribution is -0.124. The smallest absolute Gasteiger partial charge is 0.220 e. The lowest BCUT2D eigenvalue weighted by atomic mass is 9.71. The van der Waals surface area contributed by atoms with Crippen molar-refractivity contribution in [2.45, 2.75) is 56.9 Å². The van der Waals surface area contributed by atoms with Crippen LogP contribution in [-0.4, -0.2) is 12.5 Å². The summed E-state index contributed by atoms with van der Waals surface area (Å²) < 4.78 is 1.08. The number of unbranched alkanes of at least 4 members (excludes halogenated alkanes) is 3. The molecule has 1 aromatic rings. The summed E-state index contributed by atoms with van der Waals surface area (Å²) in [6.45, 7) is 0.749. The van der Waals surface area contributed by atoms with E-state index >= 15 is 0 Å². The first-order valence-electron chi connectivity index (χ1n) is 7.93. The van der Waals surface area contributed by atoms with Gasteiger partial charge in [0.2, 0.25) is 5.91 Å². The highest BCUT2D eigenvalue weighted by atomic mass is 79.9. The fraction of sp³-hybridized carbons (Fsp3) is 0.588. The summed E-state index contributed by atoms with van der Waals surface area (Å²) in [5, 5.41) is 3.28. The number of carbonyl (C=O) groups excluding carboxylic acids is 1. The molecule has 1 aromatic carbocycles. The highest BCUT2D eigenvalue weighted by molar-refractivity contribution is 9.10. The van der Waals surface area contributed by atoms with Crippen LogP contribution < -0.4 is 11.1 Å². The number of hydrogen-bond donors (Lipinski definition) is 2. The third-order valence-electron chi connectivity index (χ3n) is 4.34. The van der Waals surface area contributed by atoms with Crippen LogP contribution in [0.25, 0.3) is 0 Å². The molecular weight excluding hydrogens is 328 g/mol. The number of nitrogens with one attached hydrogen (secondary N) is 1. The number of hydrogen-bond acceptors (Lipinski definition) is 2. The van der Waals surface area contributed by atoms with Crippen LogP contribution in [0.4, 0.5) is 0 Å². The van der Waals surface area contributed by atoms with Crippen molar-refractivity contribution in [2.75, 3.05) is 6.54 Å². The van der Waals surface area contributed by atoms with Crippen molar-refractivity contribution in [2.24, 2.45) is 5.73 Å². The second-order valence-corrected chi connectivity index (χ2v) is 6.86. The first-order chi connectivity index (χ1) is 10.2. The van der Waals surface area contributed by atoms with Gasteiger partial charge in [-0.2, -0.15) is 0 Å². The van der Waals surface area contributed by atoms with Crippen molar-refractivity contribution in [3.63, 3.8) is 0 Å². The first kappa shape index (κ1) is 16.5. The summed E-state index contributed by atoms with van der Waals surface area (Å²) in [4.78, 5) is 12.2. The van der Waals surface area contributed by atoms with E-state index in [2.05, 4.69) is 33.4 Å². The van der Waals surface area contributed by atoms with E-state index in [9.17, 15) is 4.79 Å². The zero-order valence-corrected chi connectivity index (χ0v) is 14.1. The van der Waals surface area contributed by atoms with Gasteiger partial charge >= 0.3 is 0 Å². The minimum atomic E-state index is -0.116. The number of benzene rings is 1. The van der Waals surface area contributed by atoms with E-state index in [1.165, 1.54) is 12.0 Å². The molecule has 0 aliphatic heterocycles. The number of halogens is 1. The quantitative estimate of drug-likeness (QED) is 0.698. The predicted molar refractivity (Wildman–Crippen MR) is 90.0 cm³/mol. The summed E-state index contributed by atoms with van der Waals surface area (Å²) >= 11 is 3.46. The van der Waals surface area contributed by atoms with Crippen molar-refractivity contribution in [1.82, 2.24) is 5.32 Å². The minimum absolute atomic E-state index is 0.116. The fourth-order valence-electron chi connectivity index (χ4n) is 2.90. The molecule has 0 heterocycles. The topological polar surface area (TPSA) is 55.1 Å². The second kappa shape index (κ2) is 7.95. The SMILES string of the molecule is NCCCCCCC(=O)NC1(c2ccc(Br)cc2)CCC1. The lowest BCUT2D eigenvalue weighted by Gasteiger charge is -2.43. The van der Waals surface area contributed by atoms with E-state index in [4.69, 9.17) is 5.73 Å². The summed E-state index contributed by atoms with van der Waals surface area (Å²) in [5.41, 5.74) is 6.59. The molecule has 0 unspecified atom stereocenters. The van der Waals surface area contributed by atoms with Crippen LogP contribution in [0.5, 0.6) is 0 Å². The van der Waals surface area contributed by atoms with Gasteiger partial charge in [0.15, 0.2) is 0 Å². The van der Waals surface area contributed by atoms with Gasteiger partial charge in [0, 0.05) is 10.9 Å². The van der Waals surface area contributed by atoms with Crippen LogP contribution in [0.1, 0.15) is 56.9 Å². The molecule has 1 aliphatic rings. The fourth-order valence-corrected chi connectivity index (χ4v) is 3.16. The number of rotatable bonds is 8. The molecular formula is C17H25BrN2O. The van der Waals surface area contributed by atoms with Gasteiger partial charge in [-0.25, -0.2) is 0 Å². The average Bonchev–Trinajstić information content (AvgIpc) is 2.44. The maximum atomic E-state index is 12.2. The van der Waals surface area contributed by atoms with Crippen molar-refractivity contribution in [1.29, 1.82) is 0 Å². The van der Waals surface area contributed by atoms with Gasteiger partial charge in [0.25, 0.3) is 0 Å². The third kappa shape index (κ3) is 4.55. The molecule has 0 spiro atoms. The molecule has 21 heavy (non-hydrogen) atoms. The molecule has 2 rings (SSSR count). The van der Waals surface area contributed by atoms with Gasteiger partial charge in [0.05, 0.1) is 5.54 Å². The second-order valence-electron chi connectivity index (χ2n) is 5.94. The van der Waals surface area contributed by atoms with Crippen LogP contribution in [0.15, 0.2) is 28.7 Å². The van der Waals surface area contributed by atoms with Crippen LogP contribution in [0.2, 0.25) is 0 Å². The molecule has 4 heteroatoms. The molecule has 0 saturated heterocycles. The zero-order chi connectivity index (χ0) is 15.1. The monoisotopic (exact) mass is 352 g/mol. The lowest BCUT2D eigenvalue weighted by Crippen LogP contribution is -2.50. The molecule has 1 aliphatic carbocycles. The number of amides is 1. The molecule has 0 aromatic heterocycles. The van der Waals surface area contributed by atoms with Gasteiger partial charge in [0.1, 0.15) is 0 Å². The summed E-state index contributed by atoms with van der Waals surface area (Å²) in [6, 6.07) is 8.33. The van der Waals surface area contributed by atoms with Crippen molar-refractivity contribution in [3.8, 4) is 0 Å². The van der Waals surface area contributed by atoms with Gasteiger partial charge in [-0.1, -0.05) is 40.9 Å². The first-order valence-corrected chi connectivity index (χ1v) is 8.73. The molecule has 0 radical (unpaired) electrons. The third-order valence-corrected chi connectivity index (χ3v) is 4.87. The van der Waals surface area contributed by atoms with Gasteiger partial charge in [-0.3, -0.25) is 4.79 Å². The van der Waals surface area contributed by atoms with E-state index in [0.29, 0.717) is 6.42 Å². The maximum absolute atomic E-state index is 12.2. The van der Waals surface area contributed by atoms with E-state index in [0.717, 1.165) is 49.5 Å². The number of carbonyl (C=O) groups is 1. The molecule has 0 atom stereocenters. The van der Waals surface area contributed by atoms with Crippen molar-refractivity contribution in [3.05, 3.63) is 34.3 Å². The Morgan fingerprint density at radius 1 is 1.14 bits per heavy atom. The Bertz CT molecular complexity index is 454. The van der Waals surface area contributed by atoms with Crippen LogP contribution in [0.3, 0.4) is 0 Å². The Kier molecular flexibility index (Phi) is 6.24. The summed E-state index contributed by atoms with van der Waals surface area (Å²) in [7, 11) is 0. The molecule has 116 valence electrons. The van der Waals surface area contributed by atoms with Gasteiger partial charge in [-0.05, 0) is 56.3 Å². The Morgan fingerprint density at radius 2 is 1.81 bits per heavy atom. The number of nitrogens with two attached hydrogens (primary N) is 1. The molecule has 1 saturated carbocycles. The average molecular weight is 353 g/mol. The highest BCUT2D eigenvalue weighted by Gasteiger charge is 2.39. The van der Waals surface area contributed by atoms with Crippen LogP contribution >= 0.6 is 15.9 Å². The Hall–Kier alpha value is -0.870. The maximum Gasteiger partial charge on any atom is 0.220 e. The van der Waals surface area contributed by atoms with E-state index in [1.54, 1.807) is 0 Å². The van der Waals surface area contributed by atoms with E-state index < -0.39 is 0 Å². The molecule has 3 N–H and O–H groups in total. The molecule has 1 fully saturated rings. The van der Waals surface area contributed by atoms with Crippen molar-refractivity contribution >= 4 is 21.8 Å². The highest BCUT2D eigenvalue weighted by Crippen LogP contribution is 2.41. The molecule has 1 amide bonds. The van der Waals surface area contributed by atoms with E-state index in [1.807, 2.05) is 12.1 Å². The summed E-state index contributed by atoms with van der Waals surface area (Å²) in [5.74, 6) is 0.186. The largest absolute Gasteiger partial charge is 0.347 e. The van der Waals surface area contributed by atoms with Crippen molar-refractivity contribution < 1.29 is 4.79 Å². The Labute approximate surface area is 135 Å². The minimum Gasteiger partial charge on any atom is -0.347 e. The Balaban J connectivity index is 1.84. The van der Waals surface area contributed by atoms with Gasteiger partial charge in [-0.15, -0.1) is 0 Å². The summed E-state index contributed by atoms with van der Waals surface area (Å²) in [6.07, 6.45) is 8.15. The zero-order valence-electron chi connectivity index (χ0n) is 12.5. The predicted octanol–water partition coefficient (Wildman–Crippen LogP) is 3.85.